The van der Waals surface area contributed by atoms with Crippen molar-refractivity contribution in [2.45, 2.75) is 13.1 Å². The lowest BCUT2D eigenvalue weighted by molar-refractivity contribution is -0.593. The number of pyridine rings is 1. The van der Waals surface area contributed by atoms with E-state index in [9.17, 15) is 18.4 Å². The number of rotatable bonds is 1. The van der Waals surface area contributed by atoms with Crippen LogP contribution in [0.3, 0.4) is 0 Å². The zero-order valence-corrected chi connectivity index (χ0v) is 9.53. The van der Waals surface area contributed by atoms with Gasteiger partial charge in [0, 0.05) is 12.1 Å². The third kappa shape index (κ3) is 2.30. The monoisotopic (exact) mass is 253 g/mol. The molecule has 0 N–H and O–H groups in total. The van der Waals surface area contributed by atoms with Gasteiger partial charge < -0.3 is 5.21 Å². The number of aryl methyl sites for hydroxylation is 1. The average Bonchev–Trinajstić information content (AvgIpc) is 2.29. The highest BCUT2D eigenvalue weighted by molar-refractivity contribution is 5.61. The molecule has 0 fully saturated rings. The van der Waals surface area contributed by atoms with Crippen molar-refractivity contribution in [1.82, 2.24) is 0 Å². The Labute approximate surface area is 102 Å². The van der Waals surface area contributed by atoms with Crippen molar-refractivity contribution in [2.75, 3.05) is 0 Å². The molecular formula is C13H10F3NO. The van der Waals surface area contributed by atoms with Gasteiger partial charge in [-0.3, -0.25) is 0 Å². The summed E-state index contributed by atoms with van der Waals surface area (Å²) < 4.78 is 38.2. The van der Waals surface area contributed by atoms with E-state index in [0.29, 0.717) is 21.6 Å². The van der Waals surface area contributed by atoms with E-state index in [4.69, 9.17) is 0 Å². The Morgan fingerprint density at radius 2 is 1.83 bits per heavy atom. The molecule has 1 heterocycles. The molecule has 2 rings (SSSR count). The second kappa shape index (κ2) is 4.33. The molecule has 0 unspecified atom stereocenters. The summed E-state index contributed by atoms with van der Waals surface area (Å²) in [6.07, 6.45) is -3.06. The Balaban J connectivity index is 2.52. The number of aromatic nitrogens is 1. The van der Waals surface area contributed by atoms with Gasteiger partial charge >= 0.3 is 6.18 Å². The van der Waals surface area contributed by atoms with Crippen LogP contribution in [0, 0.1) is 12.1 Å². The zero-order valence-electron chi connectivity index (χ0n) is 9.53. The number of halogens is 3. The molecule has 0 spiro atoms. The molecule has 1 aromatic heterocycles. The summed E-state index contributed by atoms with van der Waals surface area (Å²) in [5, 5.41) is 11.5. The molecule has 94 valence electrons. The first kappa shape index (κ1) is 12.4. The molecule has 0 saturated carbocycles. The van der Waals surface area contributed by atoms with Crippen LogP contribution in [0.1, 0.15) is 11.1 Å². The fourth-order valence-corrected chi connectivity index (χ4v) is 1.76. The van der Waals surface area contributed by atoms with E-state index in [1.165, 1.54) is 12.3 Å². The van der Waals surface area contributed by atoms with Crippen LogP contribution < -0.4 is 4.73 Å². The standard InChI is InChI=1S/C13H10F3NO/c1-9-8-10(13(14,15)16)5-6-11(9)12-4-2-3-7-17(12)18/h2-8H,1H3. The van der Waals surface area contributed by atoms with Crippen molar-refractivity contribution in [2.24, 2.45) is 0 Å². The molecule has 0 atom stereocenters. The molecule has 0 aliphatic rings. The van der Waals surface area contributed by atoms with Gasteiger partial charge in [0.25, 0.3) is 0 Å². The SMILES string of the molecule is Cc1cc(C(F)(F)F)ccc1-c1cccc[n+]1[O-]. The Morgan fingerprint density at radius 3 is 2.39 bits per heavy atom. The minimum Gasteiger partial charge on any atom is -0.618 e. The summed E-state index contributed by atoms with van der Waals surface area (Å²) in [6, 6.07) is 8.15. The molecule has 1 aromatic carbocycles. The fraction of sp³-hybridized carbons (Fsp3) is 0.154. The number of hydrogen-bond donors (Lipinski definition) is 0. The number of nitrogens with zero attached hydrogens (tertiary/aromatic N) is 1. The molecule has 0 bridgehead atoms. The Morgan fingerprint density at radius 1 is 1.11 bits per heavy atom. The van der Waals surface area contributed by atoms with E-state index < -0.39 is 11.7 Å². The molecule has 0 aliphatic carbocycles. The first-order chi connectivity index (χ1) is 8.39. The van der Waals surface area contributed by atoms with Crippen molar-refractivity contribution in [3.8, 4) is 11.3 Å². The van der Waals surface area contributed by atoms with Crippen LogP contribution in [-0.2, 0) is 6.18 Å². The van der Waals surface area contributed by atoms with Gasteiger partial charge in [-0.15, -0.1) is 0 Å². The minimum atomic E-state index is -4.37. The fourth-order valence-electron chi connectivity index (χ4n) is 1.76. The molecular weight excluding hydrogens is 243 g/mol. The molecule has 5 heteroatoms. The maximum absolute atomic E-state index is 12.5. The maximum Gasteiger partial charge on any atom is 0.416 e. The zero-order chi connectivity index (χ0) is 13.3. The summed E-state index contributed by atoms with van der Waals surface area (Å²) in [7, 11) is 0. The lowest BCUT2D eigenvalue weighted by Gasteiger charge is -2.10. The summed E-state index contributed by atoms with van der Waals surface area (Å²) >= 11 is 0. The molecule has 2 nitrogen and oxygen atoms in total. The molecule has 0 saturated heterocycles. The summed E-state index contributed by atoms with van der Waals surface area (Å²) in [5.41, 5.74) is 0.542. The van der Waals surface area contributed by atoms with Crippen LogP contribution in [0.4, 0.5) is 13.2 Å². The first-order valence-corrected chi connectivity index (χ1v) is 5.26. The van der Waals surface area contributed by atoms with Gasteiger partial charge in [0.1, 0.15) is 0 Å². The lowest BCUT2D eigenvalue weighted by atomic mass is 10.0. The number of alkyl halides is 3. The van der Waals surface area contributed by atoms with Crippen LogP contribution >= 0.6 is 0 Å². The van der Waals surface area contributed by atoms with Crippen molar-refractivity contribution in [1.29, 1.82) is 0 Å². The predicted molar refractivity (Wildman–Crippen MR) is 60.6 cm³/mol. The van der Waals surface area contributed by atoms with Crippen molar-refractivity contribution in [3.05, 3.63) is 58.9 Å². The topological polar surface area (TPSA) is 26.9 Å². The molecule has 0 radical (unpaired) electrons. The van der Waals surface area contributed by atoms with E-state index >= 15 is 0 Å². The molecule has 2 aromatic rings. The van der Waals surface area contributed by atoms with Gasteiger partial charge in [0.15, 0.2) is 6.20 Å². The van der Waals surface area contributed by atoms with Gasteiger partial charge in [0.05, 0.1) is 11.1 Å². The highest BCUT2D eigenvalue weighted by atomic mass is 19.4. The van der Waals surface area contributed by atoms with Crippen LogP contribution in [0.15, 0.2) is 42.6 Å². The molecule has 0 amide bonds. The summed E-state index contributed by atoms with van der Waals surface area (Å²) in [6.45, 7) is 1.55. The summed E-state index contributed by atoms with van der Waals surface area (Å²) in [5.74, 6) is 0. The second-order valence-electron chi connectivity index (χ2n) is 3.94. The van der Waals surface area contributed by atoms with Crippen LogP contribution in [0.5, 0.6) is 0 Å². The van der Waals surface area contributed by atoms with E-state index in [2.05, 4.69) is 0 Å². The number of hydrogen-bond acceptors (Lipinski definition) is 1. The van der Waals surface area contributed by atoms with Crippen LogP contribution in [0.2, 0.25) is 0 Å². The smallest absolute Gasteiger partial charge is 0.416 e. The van der Waals surface area contributed by atoms with E-state index in [0.717, 1.165) is 12.1 Å². The summed E-state index contributed by atoms with van der Waals surface area (Å²) in [4.78, 5) is 0. The van der Waals surface area contributed by atoms with Gasteiger partial charge in [-0.2, -0.15) is 17.9 Å². The van der Waals surface area contributed by atoms with Gasteiger partial charge in [-0.25, -0.2) is 0 Å². The van der Waals surface area contributed by atoms with Crippen LogP contribution in [-0.4, -0.2) is 0 Å². The highest BCUT2D eigenvalue weighted by Gasteiger charge is 2.31. The van der Waals surface area contributed by atoms with Crippen LogP contribution in [0.25, 0.3) is 11.3 Å². The Hall–Kier alpha value is -2.04. The van der Waals surface area contributed by atoms with E-state index in [1.807, 2.05) is 0 Å². The quantitative estimate of drug-likeness (QED) is 0.565. The van der Waals surface area contributed by atoms with Crippen molar-refractivity contribution < 1.29 is 17.9 Å². The van der Waals surface area contributed by atoms with Gasteiger partial charge in [-0.05, 0) is 36.8 Å². The Bertz CT molecular complexity index is 579. The van der Waals surface area contributed by atoms with Crippen molar-refractivity contribution >= 4 is 0 Å². The predicted octanol–water partition coefficient (Wildman–Crippen LogP) is 3.31. The third-order valence-electron chi connectivity index (χ3n) is 2.65. The minimum absolute atomic E-state index is 0.337. The lowest BCUT2D eigenvalue weighted by Crippen LogP contribution is -2.28. The van der Waals surface area contributed by atoms with Crippen molar-refractivity contribution in [3.63, 3.8) is 0 Å². The largest absolute Gasteiger partial charge is 0.618 e. The van der Waals surface area contributed by atoms with Gasteiger partial charge in [-0.1, -0.05) is 0 Å². The second-order valence-corrected chi connectivity index (χ2v) is 3.94. The Kier molecular flexibility index (Phi) is 2.98. The highest BCUT2D eigenvalue weighted by Crippen LogP contribution is 2.32. The normalized spacial score (nSPS) is 11.6. The van der Waals surface area contributed by atoms with Gasteiger partial charge in [0.2, 0.25) is 5.69 Å². The average molecular weight is 253 g/mol. The van der Waals surface area contributed by atoms with E-state index in [1.54, 1.807) is 25.1 Å². The first-order valence-electron chi connectivity index (χ1n) is 5.26. The number of benzene rings is 1. The maximum atomic E-state index is 12.5. The van der Waals surface area contributed by atoms with E-state index in [-0.39, 0.29) is 0 Å². The molecule has 0 aliphatic heterocycles. The third-order valence-corrected chi connectivity index (χ3v) is 2.65. The molecule has 18 heavy (non-hydrogen) atoms.